The van der Waals surface area contributed by atoms with Crippen molar-refractivity contribution in [3.05, 3.63) is 535 Å². The normalized spacial score (nSPS) is 10.6. The lowest BCUT2D eigenvalue weighted by Gasteiger charge is -2.07. The van der Waals surface area contributed by atoms with Gasteiger partial charge in [0, 0.05) is 36.8 Å². The third-order valence-electron chi connectivity index (χ3n) is 18.9. The van der Waals surface area contributed by atoms with Crippen molar-refractivity contribution in [2.75, 3.05) is 28.4 Å². The molecule has 0 aliphatic rings. The van der Waals surface area contributed by atoms with Crippen LogP contribution in [0.25, 0.3) is 42.5 Å². The number of carbonyl (C=O) groups excluding carboxylic acids is 7. The van der Waals surface area contributed by atoms with Gasteiger partial charge in [-0.1, -0.05) is 366 Å². The highest BCUT2D eigenvalue weighted by atomic mass is 79.9. The molecule has 0 radical (unpaired) electrons. The topological polar surface area (TPSA) is 206 Å². The van der Waals surface area contributed by atoms with Gasteiger partial charge in [-0.25, -0.2) is 0 Å². The van der Waals surface area contributed by atoms with Crippen molar-refractivity contribution in [1.82, 2.24) is 0 Å². The highest BCUT2D eigenvalue weighted by molar-refractivity contribution is 9.10. The van der Waals surface area contributed by atoms with Crippen LogP contribution in [0.5, 0.6) is 40.2 Å². The Hall–Kier alpha value is -16.3. The molecular formula is C116H96Br2O14. The van der Waals surface area contributed by atoms with Gasteiger partial charge >= 0.3 is 0 Å². The first-order valence-corrected chi connectivity index (χ1v) is 43.1. The van der Waals surface area contributed by atoms with Crippen molar-refractivity contribution < 1.29 is 67.5 Å². The molecule has 0 unspecified atom stereocenters. The van der Waals surface area contributed by atoms with Crippen molar-refractivity contribution >= 4 is 115 Å². The number of rotatable bonds is 28. The number of hydrogen-bond acceptors (Lipinski definition) is 14. The van der Waals surface area contributed by atoms with Crippen LogP contribution >= 0.6 is 31.9 Å². The highest BCUT2D eigenvalue weighted by Gasteiger charge is 2.12. The Morgan fingerprint density at radius 3 is 0.773 bits per heavy atom. The molecule has 15 aromatic rings. The number of ether oxygens (including phenoxy) is 5. The molecule has 15 rings (SSSR count). The van der Waals surface area contributed by atoms with Crippen molar-refractivity contribution in [2.45, 2.75) is 6.61 Å². The van der Waals surface area contributed by atoms with Crippen LogP contribution in [0.3, 0.4) is 0 Å². The van der Waals surface area contributed by atoms with E-state index in [1.807, 2.05) is 322 Å². The number of methoxy groups -OCH3 is 4. The zero-order valence-corrected chi connectivity index (χ0v) is 76.1. The Balaban J connectivity index is 0.000000174. The summed E-state index contributed by atoms with van der Waals surface area (Å²) in [6.45, 7) is 0.491. The molecule has 16 heteroatoms. The van der Waals surface area contributed by atoms with Crippen LogP contribution in [0, 0.1) is 0 Å². The second-order valence-corrected chi connectivity index (χ2v) is 30.0. The average molecular weight is 1870 g/mol. The van der Waals surface area contributed by atoms with Crippen molar-refractivity contribution in [3.63, 3.8) is 0 Å². The summed E-state index contributed by atoms with van der Waals surface area (Å²) in [4.78, 5) is 83.4. The molecule has 2 N–H and O–H groups in total. The van der Waals surface area contributed by atoms with Crippen LogP contribution in [0.1, 0.15) is 117 Å². The zero-order valence-electron chi connectivity index (χ0n) is 72.9. The van der Waals surface area contributed by atoms with Crippen molar-refractivity contribution in [2.24, 2.45) is 0 Å². The minimum atomic E-state index is -0.242. The van der Waals surface area contributed by atoms with E-state index in [-0.39, 0.29) is 57.5 Å². The van der Waals surface area contributed by atoms with Crippen LogP contribution in [0.4, 0.5) is 0 Å². The summed E-state index contributed by atoms with van der Waals surface area (Å²) in [6.07, 6.45) is 23.2. The smallest absolute Gasteiger partial charge is 0.189 e. The SMILES string of the molecule is COc1ccc(/C=C/C(=O)c2ccccc2)cc1.COc1ccc(/C=C/C(=O)c2ccccc2Br)cc1.COc1cccc(/C=C/C(=O)c2ccccc2)c1.COc1cccc(/C=C/C(=O)c2ccccc2Br)c1.O=C(/C=C/c1cccc(OCc2ccccc2)c1)c1ccccc1O.O=C(/C=C/c1ccccc1)c1ccccc1.O=C(/C=C/c1ccccc1)c1ccccc1O. The molecule has 0 bridgehead atoms. The van der Waals surface area contributed by atoms with Gasteiger partial charge in [0.15, 0.2) is 40.5 Å². The lowest BCUT2D eigenvalue weighted by atomic mass is 10.1. The predicted octanol–water partition coefficient (Wildman–Crippen LogP) is 27.6. The van der Waals surface area contributed by atoms with Crippen LogP contribution in [-0.4, -0.2) is 79.1 Å². The fourth-order valence-electron chi connectivity index (χ4n) is 11.8. The maximum absolute atomic E-state index is 12.2. The number of hydrogen-bond donors (Lipinski definition) is 2. The molecule has 0 aliphatic heterocycles. The molecule has 0 aliphatic carbocycles. The quantitative estimate of drug-likeness (QED) is 0.0346. The Morgan fingerprint density at radius 1 is 0.227 bits per heavy atom. The number of para-hydroxylation sites is 2. The van der Waals surface area contributed by atoms with E-state index in [1.165, 1.54) is 24.3 Å². The summed E-state index contributed by atoms with van der Waals surface area (Å²) >= 11 is 6.74. The fourth-order valence-corrected chi connectivity index (χ4v) is 12.8. The molecule has 0 amide bonds. The monoisotopic (exact) mass is 1870 g/mol. The van der Waals surface area contributed by atoms with Gasteiger partial charge < -0.3 is 33.9 Å². The summed E-state index contributed by atoms with van der Waals surface area (Å²) < 4.78 is 27.8. The molecule has 0 heterocycles. The molecule has 14 nitrogen and oxygen atoms in total. The van der Waals surface area contributed by atoms with Crippen molar-refractivity contribution in [3.8, 4) is 40.2 Å². The van der Waals surface area contributed by atoms with E-state index < -0.39 is 0 Å². The molecule has 658 valence electrons. The van der Waals surface area contributed by atoms with E-state index in [9.17, 15) is 43.8 Å². The maximum Gasteiger partial charge on any atom is 0.189 e. The minimum absolute atomic E-state index is 0.00146. The molecule has 0 atom stereocenters. The van der Waals surface area contributed by atoms with Gasteiger partial charge in [0.25, 0.3) is 0 Å². The van der Waals surface area contributed by atoms with Gasteiger partial charge in [0.1, 0.15) is 46.9 Å². The number of ketones is 7. The molecular weight excluding hydrogens is 1780 g/mol. The number of allylic oxidation sites excluding steroid dienone is 7. The first-order chi connectivity index (χ1) is 64.3. The third-order valence-corrected chi connectivity index (χ3v) is 20.3. The average Bonchev–Trinajstić information content (AvgIpc) is 0.874. The summed E-state index contributed by atoms with van der Waals surface area (Å²) in [5, 5.41) is 19.2. The number of phenols is 2. The summed E-state index contributed by atoms with van der Waals surface area (Å²) in [7, 11) is 6.50. The van der Waals surface area contributed by atoms with E-state index >= 15 is 0 Å². The standard InChI is InChI=1S/C22H18O3.2C16H13BrO2.2C16H14O2.C15H12O2.C15H12O/c23-21-12-5-4-11-20(21)22(24)14-13-17-9-6-10-19(15-17)25-16-18-7-2-1-3-8-18;1-19-13-6-4-5-12(11-13)9-10-16(18)14-7-2-3-8-15(14)17;1-19-13-9-6-12(7-10-13)8-11-16(18)14-4-2-3-5-15(14)17;1-18-15-9-5-6-13(12-15)10-11-16(17)14-7-3-2-4-8-14;1-18-15-10-7-13(8-11-15)9-12-16(17)14-5-3-2-4-6-14;16-14-9-5-4-8-13(14)15(17)11-10-12-6-2-1-3-7-12;16-15(14-9-5-2-6-10-14)12-11-13-7-3-1-4-8-13/h1-15,23H,16H2;2*2-11H,1H3;2*2-12H,1H3;1-11,16H;1-12H/b14-13+;10-9+;11-8+;11-10+;12-9+;11-10+;12-11+. The zero-order chi connectivity index (χ0) is 93.7. The third kappa shape index (κ3) is 35.5. The lowest BCUT2D eigenvalue weighted by Crippen LogP contribution is -1.95. The van der Waals surface area contributed by atoms with Gasteiger partial charge in [0.2, 0.25) is 0 Å². The van der Waals surface area contributed by atoms with Crippen LogP contribution < -0.4 is 23.7 Å². The fraction of sp³-hybridized carbons (Fsp3) is 0.0431. The molecule has 15 aromatic carbocycles. The highest BCUT2D eigenvalue weighted by Crippen LogP contribution is 2.25. The second kappa shape index (κ2) is 56.0. The minimum Gasteiger partial charge on any atom is -0.507 e. The number of aromatic hydroxyl groups is 2. The first-order valence-electron chi connectivity index (χ1n) is 41.6. The summed E-state index contributed by atoms with van der Waals surface area (Å²) in [5.41, 5.74) is 11.8. The Bertz CT molecular complexity index is 6410. The van der Waals surface area contributed by atoms with Gasteiger partial charge in [-0.05, 0) is 196 Å². The van der Waals surface area contributed by atoms with E-state index in [1.54, 1.807) is 168 Å². The van der Waals surface area contributed by atoms with E-state index in [0.717, 1.165) is 87.8 Å². The van der Waals surface area contributed by atoms with Crippen LogP contribution in [0.2, 0.25) is 0 Å². The molecule has 0 fully saturated rings. The van der Waals surface area contributed by atoms with E-state index in [4.69, 9.17) is 23.7 Å². The van der Waals surface area contributed by atoms with Gasteiger partial charge in [-0.15, -0.1) is 0 Å². The van der Waals surface area contributed by atoms with Gasteiger partial charge in [-0.3, -0.25) is 33.6 Å². The number of benzene rings is 15. The molecule has 0 saturated heterocycles. The number of carbonyl (C=O) groups is 7. The first kappa shape index (κ1) is 99.5. The van der Waals surface area contributed by atoms with Crippen LogP contribution in [0.15, 0.2) is 452 Å². The Kier molecular flexibility index (Phi) is 42.2. The van der Waals surface area contributed by atoms with Crippen LogP contribution in [-0.2, 0) is 6.61 Å². The Labute approximate surface area is 787 Å². The number of phenolic OH excluding ortho intramolecular Hbond substituents is 2. The summed E-state index contributed by atoms with van der Waals surface area (Å²) in [5.74, 6) is 3.43. The molecule has 0 saturated carbocycles. The van der Waals surface area contributed by atoms with Gasteiger partial charge in [-0.2, -0.15) is 0 Å². The van der Waals surface area contributed by atoms with Crippen molar-refractivity contribution in [1.29, 1.82) is 0 Å². The molecule has 132 heavy (non-hydrogen) atoms. The Morgan fingerprint density at radius 2 is 0.462 bits per heavy atom. The van der Waals surface area contributed by atoms with E-state index in [0.29, 0.717) is 34.4 Å². The lowest BCUT2D eigenvalue weighted by molar-refractivity contribution is 0.103. The molecule has 0 spiro atoms. The van der Waals surface area contributed by atoms with E-state index in [2.05, 4.69) is 31.9 Å². The molecule has 0 aromatic heterocycles. The van der Waals surface area contributed by atoms with Gasteiger partial charge in [0.05, 0.1) is 39.6 Å². The summed E-state index contributed by atoms with van der Waals surface area (Å²) in [6, 6.07) is 123. The predicted molar refractivity (Wildman–Crippen MR) is 539 cm³/mol. The number of halogens is 2. The largest absolute Gasteiger partial charge is 0.507 e. The second-order valence-electron chi connectivity index (χ2n) is 28.2. The maximum atomic E-state index is 12.2.